The lowest BCUT2D eigenvalue weighted by Gasteiger charge is -2.01. The molecule has 15 heavy (non-hydrogen) atoms. The zero-order valence-corrected chi connectivity index (χ0v) is 8.95. The number of aliphatic hydroxyl groups is 1. The van der Waals surface area contributed by atoms with Crippen molar-refractivity contribution in [2.45, 2.75) is 26.2 Å². The number of unbranched alkanes of at least 4 members (excludes halogenated alkanes) is 1. The van der Waals surface area contributed by atoms with Crippen molar-refractivity contribution in [3.05, 3.63) is 23.7 Å². The van der Waals surface area contributed by atoms with E-state index in [-0.39, 0.29) is 12.5 Å². The Balaban J connectivity index is 2.33. The highest BCUT2D eigenvalue weighted by atomic mass is 16.3. The molecule has 0 radical (unpaired) electrons. The monoisotopic (exact) mass is 211 g/mol. The van der Waals surface area contributed by atoms with Crippen LogP contribution in [0.1, 0.15) is 36.1 Å². The first kappa shape index (κ1) is 11.8. The van der Waals surface area contributed by atoms with Crippen molar-refractivity contribution in [3.8, 4) is 0 Å². The molecule has 0 aliphatic carbocycles. The molecule has 1 aromatic rings. The van der Waals surface area contributed by atoms with Crippen LogP contribution in [0.5, 0.6) is 0 Å². The van der Waals surface area contributed by atoms with Crippen LogP contribution in [0.2, 0.25) is 0 Å². The van der Waals surface area contributed by atoms with Gasteiger partial charge in [0.1, 0.15) is 5.76 Å². The number of furan rings is 1. The molecule has 0 saturated carbocycles. The molecule has 0 unspecified atom stereocenters. The number of hydrogen-bond donors (Lipinski definition) is 2. The summed E-state index contributed by atoms with van der Waals surface area (Å²) in [4.78, 5) is 11.5. The number of amides is 1. The van der Waals surface area contributed by atoms with E-state index in [0.29, 0.717) is 18.7 Å². The summed E-state index contributed by atoms with van der Waals surface area (Å²) in [6.45, 7) is 2.71. The summed E-state index contributed by atoms with van der Waals surface area (Å²) in [6, 6.07) is 3.49. The van der Waals surface area contributed by atoms with Gasteiger partial charge in [0, 0.05) is 19.6 Å². The Kier molecular flexibility index (Phi) is 4.90. The minimum atomic E-state index is -0.187. The molecule has 0 bridgehead atoms. The molecule has 1 rings (SSSR count). The van der Waals surface area contributed by atoms with E-state index in [0.717, 1.165) is 18.6 Å². The first-order valence-electron chi connectivity index (χ1n) is 5.25. The predicted molar refractivity (Wildman–Crippen MR) is 56.7 cm³/mol. The molecule has 1 aromatic heterocycles. The fourth-order valence-corrected chi connectivity index (χ4v) is 1.22. The van der Waals surface area contributed by atoms with Crippen molar-refractivity contribution in [2.24, 2.45) is 0 Å². The maximum atomic E-state index is 11.5. The van der Waals surface area contributed by atoms with Gasteiger partial charge in [0.25, 0.3) is 5.91 Å². The van der Waals surface area contributed by atoms with Crippen LogP contribution in [0.25, 0.3) is 0 Å². The summed E-state index contributed by atoms with van der Waals surface area (Å²) >= 11 is 0. The summed E-state index contributed by atoms with van der Waals surface area (Å²) in [7, 11) is 0. The van der Waals surface area contributed by atoms with Crippen LogP contribution in [-0.2, 0) is 6.42 Å². The van der Waals surface area contributed by atoms with E-state index in [1.807, 2.05) is 13.0 Å². The van der Waals surface area contributed by atoms with Gasteiger partial charge in [-0.05, 0) is 25.0 Å². The quantitative estimate of drug-likeness (QED) is 0.698. The zero-order chi connectivity index (χ0) is 11.1. The van der Waals surface area contributed by atoms with Crippen LogP contribution in [0.15, 0.2) is 16.5 Å². The number of aliphatic hydroxyl groups excluding tert-OH is 1. The van der Waals surface area contributed by atoms with E-state index in [1.54, 1.807) is 6.07 Å². The Labute approximate surface area is 89.3 Å². The fraction of sp³-hybridized carbons (Fsp3) is 0.545. The molecule has 84 valence electrons. The third kappa shape index (κ3) is 3.75. The highest BCUT2D eigenvalue weighted by Gasteiger charge is 2.09. The lowest BCUT2D eigenvalue weighted by molar-refractivity contribution is 0.0922. The maximum absolute atomic E-state index is 11.5. The van der Waals surface area contributed by atoms with Crippen molar-refractivity contribution >= 4 is 5.91 Å². The molecular formula is C11H17NO3. The van der Waals surface area contributed by atoms with Gasteiger partial charge in [-0.3, -0.25) is 4.79 Å². The van der Waals surface area contributed by atoms with E-state index in [4.69, 9.17) is 9.52 Å². The molecule has 0 saturated heterocycles. The molecule has 0 aromatic carbocycles. The molecule has 0 aliphatic rings. The SMILES string of the molecule is CCc1ccc(C(=O)NCCCCO)o1. The average molecular weight is 211 g/mol. The molecule has 0 aliphatic heterocycles. The number of carbonyl (C=O) groups is 1. The number of carbonyl (C=O) groups excluding carboxylic acids is 1. The lowest BCUT2D eigenvalue weighted by atomic mass is 10.3. The number of aryl methyl sites for hydroxylation is 1. The number of nitrogens with one attached hydrogen (secondary N) is 1. The maximum Gasteiger partial charge on any atom is 0.286 e. The van der Waals surface area contributed by atoms with Crippen molar-refractivity contribution in [1.82, 2.24) is 5.32 Å². The topological polar surface area (TPSA) is 62.5 Å². The summed E-state index contributed by atoms with van der Waals surface area (Å²) < 4.78 is 5.29. The van der Waals surface area contributed by atoms with Crippen molar-refractivity contribution in [2.75, 3.05) is 13.2 Å². The van der Waals surface area contributed by atoms with Crippen LogP contribution in [0.3, 0.4) is 0 Å². The van der Waals surface area contributed by atoms with Gasteiger partial charge in [-0.2, -0.15) is 0 Å². The highest BCUT2D eigenvalue weighted by Crippen LogP contribution is 2.07. The van der Waals surface area contributed by atoms with Crippen LogP contribution < -0.4 is 5.32 Å². The lowest BCUT2D eigenvalue weighted by Crippen LogP contribution is -2.24. The molecule has 4 heteroatoms. The van der Waals surface area contributed by atoms with Crippen LogP contribution in [-0.4, -0.2) is 24.2 Å². The third-order valence-corrected chi connectivity index (χ3v) is 2.10. The van der Waals surface area contributed by atoms with Gasteiger partial charge in [-0.1, -0.05) is 6.92 Å². The van der Waals surface area contributed by atoms with E-state index in [2.05, 4.69) is 5.32 Å². The minimum Gasteiger partial charge on any atom is -0.456 e. The Morgan fingerprint density at radius 1 is 1.47 bits per heavy atom. The summed E-state index contributed by atoms with van der Waals surface area (Å²) in [5, 5.41) is 11.3. The smallest absolute Gasteiger partial charge is 0.286 e. The molecular weight excluding hydrogens is 194 g/mol. The zero-order valence-electron chi connectivity index (χ0n) is 8.95. The predicted octanol–water partition coefficient (Wildman–Crippen LogP) is 1.34. The first-order valence-corrected chi connectivity index (χ1v) is 5.25. The number of hydrogen-bond acceptors (Lipinski definition) is 3. The van der Waals surface area contributed by atoms with Gasteiger partial charge in [0.15, 0.2) is 5.76 Å². The molecule has 4 nitrogen and oxygen atoms in total. The molecule has 1 amide bonds. The molecule has 0 fully saturated rings. The number of rotatable bonds is 6. The van der Waals surface area contributed by atoms with Crippen LogP contribution in [0.4, 0.5) is 0 Å². The Hall–Kier alpha value is -1.29. The molecule has 0 spiro atoms. The summed E-state index contributed by atoms with van der Waals surface area (Å²) in [5.74, 6) is 0.985. The average Bonchev–Trinajstić information content (AvgIpc) is 2.72. The van der Waals surface area contributed by atoms with Crippen molar-refractivity contribution in [1.29, 1.82) is 0 Å². The fourth-order valence-electron chi connectivity index (χ4n) is 1.22. The van der Waals surface area contributed by atoms with Crippen LogP contribution in [0, 0.1) is 0 Å². The van der Waals surface area contributed by atoms with Gasteiger partial charge >= 0.3 is 0 Å². The van der Waals surface area contributed by atoms with Crippen LogP contribution >= 0.6 is 0 Å². The Morgan fingerprint density at radius 2 is 2.27 bits per heavy atom. The normalized spacial score (nSPS) is 10.3. The molecule has 0 atom stereocenters. The van der Waals surface area contributed by atoms with Crippen molar-refractivity contribution in [3.63, 3.8) is 0 Å². The summed E-state index contributed by atoms with van der Waals surface area (Å²) in [5.41, 5.74) is 0. The standard InChI is InChI=1S/C11H17NO3/c1-2-9-5-6-10(15-9)11(14)12-7-3-4-8-13/h5-6,13H,2-4,7-8H2,1H3,(H,12,14). The largest absolute Gasteiger partial charge is 0.456 e. The van der Waals surface area contributed by atoms with E-state index in [1.165, 1.54) is 0 Å². The third-order valence-electron chi connectivity index (χ3n) is 2.10. The Bertz CT molecular complexity index is 307. The van der Waals surface area contributed by atoms with Crippen molar-refractivity contribution < 1.29 is 14.3 Å². The van der Waals surface area contributed by atoms with E-state index < -0.39 is 0 Å². The molecule has 2 N–H and O–H groups in total. The minimum absolute atomic E-state index is 0.163. The second-order valence-electron chi connectivity index (χ2n) is 3.31. The second-order valence-corrected chi connectivity index (χ2v) is 3.31. The van der Waals surface area contributed by atoms with Gasteiger partial charge in [-0.25, -0.2) is 0 Å². The second kappa shape index (κ2) is 6.24. The molecule has 1 heterocycles. The van der Waals surface area contributed by atoms with Gasteiger partial charge < -0.3 is 14.8 Å². The highest BCUT2D eigenvalue weighted by molar-refractivity contribution is 5.91. The van der Waals surface area contributed by atoms with Gasteiger partial charge in [-0.15, -0.1) is 0 Å². The Morgan fingerprint density at radius 3 is 2.87 bits per heavy atom. The van der Waals surface area contributed by atoms with E-state index >= 15 is 0 Å². The van der Waals surface area contributed by atoms with E-state index in [9.17, 15) is 4.79 Å². The first-order chi connectivity index (χ1) is 7.27. The van der Waals surface area contributed by atoms with Gasteiger partial charge in [0.05, 0.1) is 0 Å². The van der Waals surface area contributed by atoms with Gasteiger partial charge in [0.2, 0.25) is 0 Å². The summed E-state index contributed by atoms with van der Waals surface area (Å²) in [6.07, 6.45) is 2.28.